The molecule has 2 atom stereocenters. The number of fused-ring (bicyclic) bond motifs is 2. The fraction of sp³-hybridized carbons (Fsp3) is 0.600. The summed E-state index contributed by atoms with van der Waals surface area (Å²) in [5.74, 6) is -1.34. The quantitative estimate of drug-likeness (QED) is 0.805. The van der Waals surface area contributed by atoms with Crippen LogP contribution in [0.4, 0.5) is 17.6 Å². The minimum Gasteiger partial charge on any atom is -0.385 e. The molecule has 0 saturated carbocycles. The van der Waals surface area contributed by atoms with Crippen molar-refractivity contribution in [2.24, 2.45) is 0 Å². The monoisotopic (exact) mass is 303 g/mol. The van der Waals surface area contributed by atoms with Crippen molar-refractivity contribution >= 4 is 0 Å². The van der Waals surface area contributed by atoms with E-state index in [1.165, 1.54) is 12.1 Å². The second-order valence-electron chi connectivity index (χ2n) is 6.16. The largest absolute Gasteiger partial charge is 0.419 e. The van der Waals surface area contributed by atoms with E-state index in [1.807, 2.05) is 7.05 Å². The Hall–Kier alpha value is -1.14. The molecule has 1 aromatic rings. The lowest BCUT2D eigenvalue weighted by atomic mass is 9.80. The number of hydrogen-bond acceptors (Lipinski definition) is 2. The molecule has 2 aliphatic heterocycles. The van der Waals surface area contributed by atoms with Gasteiger partial charge in [-0.2, -0.15) is 13.2 Å². The van der Waals surface area contributed by atoms with Crippen LogP contribution in [-0.4, -0.2) is 29.1 Å². The van der Waals surface area contributed by atoms with Gasteiger partial charge in [0.1, 0.15) is 5.82 Å². The minimum atomic E-state index is -4.75. The van der Waals surface area contributed by atoms with Crippen LogP contribution in [0.3, 0.4) is 0 Å². The molecule has 2 aliphatic rings. The normalized spacial score (nSPS) is 33.4. The summed E-state index contributed by atoms with van der Waals surface area (Å²) in [4.78, 5) is 2.14. The lowest BCUT2D eigenvalue weighted by Crippen LogP contribution is -2.48. The molecule has 1 N–H and O–H groups in total. The molecule has 2 heterocycles. The third-order valence-electron chi connectivity index (χ3n) is 4.94. The van der Waals surface area contributed by atoms with Crippen molar-refractivity contribution < 1.29 is 22.7 Å². The van der Waals surface area contributed by atoms with Crippen LogP contribution >= 0.6 is 0 Å². The van der Waals surface area contributed by atoms with Crippen LogP contribution in [0.25, 0.3) is 0 Å². The Labute approximate surface area is 120 Å². The number of hydrogen-bond donors (Lipinski definition) is 1. The van der Waals surface area contributed by atoms with E-state index >= 15 is 0 Å². The molecule has 2 fully saturated rings. The Morgan fingerprint density at radius 3 is 2.29 bits per heavy atom. The third kappa shape index (κ3) is 2.34. The summed E-state index contributed by atoms with van der Waals surface area (Å²) in [7, 11) is 1.95. The van der Waals surface area contributed by atoms with Gasteiger partial charge in [0.05, 0.1) is 11.2 Å². The molecule has 0 aromatic heterocycles. The number of piperidine rings is 1. The number of rotatable bonds is 1. The molecule has 21 heavy (non-hydrogen) atoms. The van der Waals surface area contributed by atoms with Crippen LogP contribution in [0.5, 0.6) is 0 Å². The summed E-state index contributed by atoms with van der Waals surface area (Å²) in [6, 6.07) is 3.35. The van der Waals surface area contributed by atoms with E-state index in [0.29, 0.717) is 6.07 Å². The molecular weight excluding hydrogens is 286 g/mol. The Bertz CT molecular complexity index is 543. The summed E-state index contributed by atoms with van der Waals surface area (Å²) in [6.45, 7) is 0. The van der Waals surface area contributed by atoms with Crippen molar-refractivity contribution in [3.05, 3.63) is 35.1 Å². The van der Waals surface area contributed by atoms with Gasteiger partial charge >= 0.3 is 6.18 Å². The molecular formula is C15H17F4NO. The van der Waals surface area contributed by atoms with Gasteiger partial charge < -0.3 is 10.0 Å². The third-order valence-corrected chi connectivity index (χ3v) is 4.94. The molecule has 2 bridgehead atoms. The average molecular weight is 303 g/mol. The number of alkyl halides is 3. The van der Waals surface area contributed by atoms with Crippen LogP contribution in [0.1, 0.15) is 36.8 Å². The molecule has 1 aromatic carbocycles. The summed E-state index contributed by atoms with van der Waals surface area (Å²) in [6.07, 6.45) is -2.41. The molecule has 0 spiro atoms. The van der Waals surface area contributed by atoms with Crippen molar-refractivity contribution in [1.29, 1.82) is 0 Å². The zero-order chi connectivity index (χ0) is 15.4. The average Bonchev–Trinajstić information content (AvgIpc) is 2.61. The predicted molar refractivity (Wildman–Crippen MR) is 69.1 cm³/mol. The van der Waals surface area contributed by atoms with Gasteiger partial charge in [0.2, 0.25) is 0 Å². The van der Waals surface area contributed by atoms with Crippen molar-refractivity contribution in [3.63, 3.8) is 0 Å². The maximum atomic E-state index is 14.3. The molecule has 0 radical (unpaired) electrons. The number of nitrogens with zero attached hydrogens (tertiary/aromatic N) is 1. The van der Waals surface area contributed by atoms with E-state index in [2.05, 4.69) is 4.90 Å². The lowest BCUT2D eigenvalue weighted by molar-refractivity contribution is -0.140. The Balaban J connectivity index is 2.01. The van der Waals surface area contributed by atoms with Crippen LogP contribution in [0.2, 0.25) is 0 Å². The molecule has 2 saturated heterocycles. The molecule has 0 aliphatic carbocycles. The summed E-state index contributed by atoms with van der Waals surface area (Å²) in [5.41, 5.74) is -3.04. The van der Waals surface area contributed by atoms with Crippen LogP contribution in [0.15, 0.2) is 18.2 Å². The van der Waals surface area contributed by atoms with E-state index in [0.717, 1.165) is 12.8 Å². The first kappa shape index (κ1) is 14.8. The zero-order valence-corrected chi connectivity index (χ0v) is 11.6. The van der Waals surface area contributed by atoms with E-state index in [4.69, 9.17) is 0 Å². The van der Waals surface area contributed by atoms with E-state index < -0.39 is 23.2 Å². The zero-order valence-electron chi connectivity index (χ0n) is 11.6. The fourth-order valence-electron chi connectivity index (χ4n) is 3.78. The Kier molecular flexibility index (Phi) is 3.29. The van der Waals surface area contributed by atoms with Crippen LogP contribution < -0.4 is 0 Å². The predicted octanol–water partition coefficient (Wildman–Crippen LogP) is 3.29. The van der Waals surface area contributed by atoms with Gasteiger partial charge in [-0.05, 0) is 38.8 Å². The van der Waals surface area contributed by atoms with Crippen molar-refractivity contribution in [2.75, 3.05) is 7.05 Å². The van der Waals surface area contributed by atoms with Crippen molar-refractivity contribution in [3.8, 4) is 0 Å². The van der Waals surface area contributed by atoms with Crippen LogP contribution in [0, 0.1) is 5.82 Å². The van der Waals surface area contributed by atoms with Gasteiger partial charge in [-0.25, -0.2) is 4.39 Å². The highest BCUT2D eigenvalue weighted by molar-refractivity contribution is 5.33. The van der Waals surface area contributed by atoms with E-state index in [1.54, 1.807) is 0 Å². The minimum absolute atomic E-state index is 0.0997. The first-order valence-corrected chi connectivity index (χ1v) is 7.03. The molecule has 3 rings (SSSR count). The topological polar surface area (TPSA) is 23.5 Å². The maximum absolute atomic E-state index is 14.3. The van der Waals surface area contributed by atoms with Gasteiger partial charge in [0.15, 0.2) is 0 Å². The highest BCUT2D eigenvalue weighted by Gasteiger charge is 2.48. The second kappa shape index (κ2) is 4.68. The van der Waals surface area contributed by atoms with Gasteiger partial charge in [0.25, 0.3) is 0 Å². The first-order valence-electron chi connectivity index (χ1n) is 7.03. The van der Waals surface area contributed by atoms with Crippen molar-refractivity contribution in [1.82, 2.24) is 4.90 Å². The van der Waals surface area contributed by atoms with Crippen LogP contribution in [-0.2, 0) is 11.8 Å². The number of aliphatic hydroxyl groups is 1. The molecule has 0 amide bonds. The first-order chi connectivity index (χ1) is 9.72. The number of benzene rings is 1. The lowest BCUT2D eigenvalue weighted by Gasteiger charge is -2.42. The standard InChI is InChI=1S/C15H17F4NO/c1-20-9-5-6-10(20)8-14(21,7-9)11-3-2-4-12(13(11)16)15(17,18)19/h2-4,9-10,21H,5-8H2,1H3. The maximum Gasteiger partial charge on any atom is 0.419 e. The Morgan fingerprint density at radius 2 is 1.76 bits per heavy atom. The summed E-state index contributed by atoms with van der Waals surface area (Å²) >= 11 is 0. The molecule has 6 heteroatoms. The SMILES string of the molecule is CN1C2CCC1CC(O)(c1cccc(C(F)(F)F)c1F)C2. The van der Waals surface area contributed by atoms with Crippen molar-refractivity contribution in [2.45, 2.75) is 49.5 Å². The highest BCUT2D eigenvalue weighted by atomic mass is 19.4. The van der Waals surface area contributed by atoms with Gasteiger partial charge in [-0.1, -0.05) is 12.1 Å². The van der Waals surface area contributed by atoms with Gasteiger partial charge in [-0.3, -0.25) is 0 Å². The van der Waals surface area contributed by atoms with Gasteiger partial charge in [0, 0.05) is 17.6 Å². The molecule has 2 unspecified atom stereocenters. The Morgan fingerprint density at radius 1 is 1.19 bits per heavy atom. The summed E-state index contributed by atoms with van der Waals surface area (Å²) < 4.78 is 52.7. The van der Waals surface area contributed by atoms with Gasteiger partial charge in [-0.15, -0.1) is 0 Å². The van der Waals surface area contributed by atoms with E-state index in [-0.39, 0.29) is 30.5 Å². The molecule has 2 nitrogen and oxygen atoms in total. The highest BCUT2D eigenvalue weighted by Crippen LogP contribution is 2.46. The smallest absolute Gasteiger partial charge is 0.385 e. The fourth-order valence-corrected chi connectivity index (χ4v) is 3.78. The summed E-state index contributed by atoms with van der Waals surface area (Å²) in [5, 5.41) is 10.8. The number of halogens is 4. The molecule has 116 valence electrons. The van der Waals surface area contributed by atoms with E-state index in [9.17, 15) is 22.7 Å². The second-order valence-corrected chi connectivity index (χ2v) is 6.16.